The highest BCUT2D eigenvalue weighted by Crippen LogP contribution is 2.25. The third-order valence-electron chi connectivity index (χ3n) is 3.54. The number of rotatable bonds is 5. The van der Waals surface area contributed by atoms with Crippen LogP contribution in [0.5, 0.6) is 11.5 Å². The molecule has 132 valence electrons. The van der Waals surface area contributed by atoms with E-state index in [1.807, 2.05) is 33.8 Å². The Morgan fingerprint density at radius 3 is 2.21 bits per heavy atom. The fourth-order valence-electron chi connectivity index (χ4n) is 2.17. The smallest absolute Gasteiger partial charge is 0.168 e. The summed E-state index contributed by atoms with van der Waals surface area (Å²) in [4.78, 5) is 0. The topological polar surface area (TPSA) is 18.5 Å². The Kier molecular flexibility index (Phi) is 8.24. The summed E-state index contributed by atoms with van der Waals surface area (Å²) in [5.74, 6) is 0.349. The predicted molar refractivity (Wildman–Crippen MR) is 94.0 cm³/mol. The molecule has 24 heavy (non-hydrogen) atoms. The van der Waals surface area contributed by atoms with Crippen molar-refractivity contribution in [1.29, 1.82) is 0 Å². The molecule has 0 heterocycles. The molecular weight excluding hydrogens is 310 g/mol. The number of halogens is 2. The lowest BCUT2D eigenvalue weighted by Gasteiger charge is -2.09. The summed E-state index contributed by atoms with van der Waals surface area (Å²) in [7, 11) is 1.47. The Morgan fingerprint density at radius 1 is 1.00 bits per heavy atom. The quantitative estimate of drug-likeness (QED) is 0.692. The van der Waals surface area contributed by atoms with Gasteiger partial charge in [0.15, 0.2) is 23.1 Å². The second kappa shape index (κ2) is 9.91. The first-order valence-electron chi connectivity index (χ1n) is 8.18. The summed E-state index contributed by atoms with van der Waals surface area (Å²) in [5.41, 5.74) is 1.70. The molecule has 0 saturated carbocycles. The Labute approximate surface area is 143 Å². The monoisotopic (exact) mass is 336 g/mol. The molecule has 0 aliphatic carbocycles. The third kappa shape index (κ3) is 5.52. The normalized spacial score (nSPS) is 10.2. The average molecular weight is 336 g/mol. The minimum atomic E-state index is -0.267. The van der Waals surface area contributed by atoms with Crippen molar-refractivity contribution in [3.05, 3.63) is 59.2 Å². The largest absolute Gasteiger partial charge is 0.494 e. The van der Waals surface area contributed by atoms with E-state index < -0.39 is 0 Å². The van der Waals surface area contributed by atoms with Crippen molar-refractivity contribution in [3.8, 4) is 11.5 Å². The van der Waals surface area contributed by atoms with Crippen LogP contribution < -0.4 is 9.47 Å². The lowest BCUT2D eigenvalue weighted by molar-refractivity contribution is 0.321. The molecule has 0 spiro atoms. The number of benzene rings is 2. The SMILES string of the molecule is CCOc1ccc(CC)cc1F.COc1cccc(C(C)C)c1F. The van der Waals surface area contributed by atoms with Crippen molar-refractivity contribution < 1.29 is 18.3 Å². The second-order valence-electron chi connectivity index (χ2n) is 5.57. The van der Waals surface area contributed by atoms with Crippen LogP contribution in [-0.4, -0.2) is 13.7 Å². The van der Waals surface area contributed by atoms with Crippen LogP contribution in [-0.2, 0) is 6.42 Å². The van der Waals surface area contributed by atoms with Crippen LogP contribution in [0.4, 0.5) is 8.78 Å². The van der Waals surface area contributed by atoms with Crippen LogP contribution in [0.15, 0.2) is 36.4 Å². The molecule has 0 aliphatic rings. The second-order valence-corrected chi connectivity index (χ2v) is 5.57. The number of ether oxygens (including phenoxy) is 2. The number of hydrogen-bond acceptors (Lipinski definition) is 2. The van der Waals surface area contributed by atoms with Gasteiger partial charge in [-0.2, -0.15) is 0 Å². The number of aryl methyl sites for hydroxylation is 1. The van der Waals surface area contributed by atoms with E-state index in [0.29, 0.717) is 23.7 Å². The first kappa shape index (κ1) is 19.9. The molecule has 2 aromatic carbocycles. The predicted octanol–water partition coefficient (Wildman–Crippen LogP) is 5.74. The highest BCUT2D eigenvalue weighted by Gasteiger charge is 2.10. The van der Waals surface area contributed by atoms with Gasteiger partial charge in [0.2, 0.25) is 0 Å². The molecule has 4 heteroatoms. The summed E-state index contributed by atoms with van der Waals surface area (Å²) in [6.07, 6.45) is 0.851. The van der Waals surface area contributed by atoms with Gasteiger partial charge in [0.05, 0.1) is 13.7 Å². The van der Waals surface area contributed by atoms with Gasteiger partial charge in [0.1, 0.15) is 0 Å². The summed E-state index contributed by atoms with van der Waals surface area (Å²) in [6.45, 7) is 8.25. The molecule has 0 aliphatic heterocycles. The average Bonchev–Trinajstić information content (AvgIpc) is 2.57. The van der Waals surface area contributed by atoms with Crippen LogP contribution >= 0.6 is 0 Å². The van der Waals surface area contributed by atoms with Gasteiger partial charge in [0.25, 0.3) is 0 Å². The van der Waals surface area contributed by atoms with E-state index in [-0.39, 0.29) is 17.6 Å². The van der Waals surface area contributed by atoms with E-state index in [1.165, 1.54) is 13.2 Å². The van der Waals surface area contributed by atoms with Crippen molar-refractivity contribution in [2.24, 2.45) is 0 Å². The van der Waals surface area contributed by atoms with Gasteiger partial charge in [-0.1, -0.05) is 39.0 Å². The first-order chi connectivity index (χ1) is 11.4. The zero-order valence-corrected chi connectivity index (χ0v) is 15.0. The van der Waals surface area contributed by atoms with Crippen molar-refractivity contribution in [1.82, 2.24) is 0 Å². The van der Waals surface area contributed by atoms with Gasteiger partial charge in [-0.15, -0.1) is 0 Å². The molecule has 0 fully saturated rings. The van der Waals surface area contributed by atoms with Crippen LogP contribution in [0.3, 0.4) is 0 Å². The Hall–Kier alpha value is -2.10. The minimum absolute atomic E-state index is 0.195. The standard InChI is InChI=1S/2C10H13FO/c1-7(2)8-5-4-6-9(12-3)10(8)11;1-3-8-5-6-10(12-4-2)9(11)7-8/h4-7H,1-3H3;5-7H,3-4H2,1-2H3. The van der Waals surface area contributed by atoms with Gasteiger partial charge in [-0.3, -0.25) is 0 Å². The molecule has 0 unspecified atom stereocenters. The lowest BCUT2D eigenvalue weighted by Crippen LogP contribution is -1.96. The molecule has 2 aromatic rings. The van der Waals surface area contributed by atoms with Gasteiger partial charge in [-0.05, 0) is 48.6 Å². The molecular formula is C20H26F2O2. The Balaban J connectivity index is 0.000000240. The fourth-order valence-corrected chi connectivity index (χ4v) is 2.17. The van der Waals surface area contributed by atoms with Gasteiger partial charge >= 0.3 is 0 Å². The number of hydrogen-bond donors (Lipinski definition) is 0. The van der Waals surface area contributed by atoms with Crippen molar-refractivity contribution in [2.45, 2.75) is 40.0 Å². The van der Waals surface area contributed by atoms with Crippen molar-refractivity contribution >= 4 is 0 Å². The summed E-state index contributed by atoms with van der Waals surface area (Å²) >= 11 is 0. The van der Waals surface area contributed by atoms with E-state index in [0.717, 1.165) is 12.0 Å². The molecule has 0 bridgehead atoms. The summed E-state index contributed by atoms with van der Waals surface area (Å²) in [6, 6.07) is 10.3. The zero-order valence-electron chi connectivity index (χ0n) is 15.0. The third-order valence-corrected chi connectivity index (χ3v) is 3.54. The maximum Gasteiger partial charge on any atom is 0.168 e. The lowest BCUT2D eigenvalue weighted by atomic mass is 10.0. The first-order valence-corrected chi connectivity index (χ1v) is 8.18. The molecule has 0 aromatic heterocycles. The molecule has 2 nitrogen and oxygen atoms in total. The van der Waals surface area contributed by atoms with Crippen molar-refractivity contribution in [3.63, 3.8) is 0 Å². The van der Waals surface area contributed by atoms with Crippen LogP contribution in [0.2, 0.25) is 0 Å². The minimum Gasteiger partial charge on any atom is -0.494 e. The van der Waals surface area contributed by atoms with E-state index in [1.54, 1.807) is 24.3 Å². The van der Waals surface area contributed by atoms with Crippen LogP contribution in [0.1, 0.15) is 44.7 Å². The summed E-state index contributed by atoms with van der Waals surface area (Å²) < 4.78 is 36.4. The Bertz CT molecular complexity index is 640. The molecule has 0 saturated heterocycles. The molecule has 0 atom stereocenters. The maximum absolute atomic E-state index is 13.4. The molecule has 0 radical (unpaired) electrons. The highest BCUT2D eigenvalue weighted by atomic mass is 19.1. The van der Waals surface area contributed by atoms with Gasteiger partial charge < -0.3 is 9.47 Å². The highest BCUT2D eigenvalue weighted by molar-refractivity contribution is 5.32. The van der Waals surface area contributed by atoms with Crippen molar-refractivity contribution in [2.75, 3.05) is 13.7 Å². The Morgan fingerprint density at radius 2 is 1.71 bits per heavy atom. The molecule has 0 N–H and O–H groups in total. The van der Waals surface area contributed by atoms with Crippen LogP contribution in [0, 0.1) is 11.6 Å². The van der Waals surface area contributed by atoms with E-state index in [4.69, 9.17) is 9.47 Å². The zero-order chi connectivity index (χ0) is 18.1. The van der Waals surface area contributed by atoms with E-state index in [9.17, 15) is 8.78 Å². The fraction of sp³-hybridized carbons (Fsp3) is 0.400. The van der Waals surface area contributed by atoms with E-state index in [2.05, 4.69) is 0 Å². The molecule has 2 rings (SSSR count). The van der Waals surface area contributed by atoms with E-state index >= 15 is 0 Å². The summed E-state index contributed by atoms with van der Waals surface area (Å²) in [5, 5.41) is 0. The maximum atomic E-state index is 13.4. The number of methoxy groups -OCH3 is 1. The van der Waals surface area contributed by atoms with Crippen LogP contribution in [0.25, 0.3) is 0 Å². The van der Waals surface area contributed by atoms with Gasteiger partial charge in [0, 0.05) is 0 Å². The van der Waals surface area contributed by atoms with Gasteiger partial charge in [-0.25, -0.2) is 8.78 Å². The molecule has 0 amide bonds.